The molecule has 5 heteroatoms. The Labute approximate surface area is 118 Å². The van der Waals surface area contributed by atoms with Crippen LogP contribution in [0.2, 0.25) is 0 Å². The smallest absolute Gasteiger partial charge is 0.350 e. The molecule has 1 saturated carbocycles. The van der Waals surface area contributed by atoms with Gasteiger partial charge in [-0.05, 0) is 31.6 Å². The van der Waals surface area contributed by atoms with Gasteiger partial charge in [0.2, 0.25) is 0 Å². The molecular formula is C14H22N2O2S. The molecule has 4 nitrogen and oxygen atoms in total. The Kier molecular flexibility index (Phi) is 4.80. The predicted octanol–water partition coefficient (Wildman–Crippen LogP) is 3.48. The predicted molar refractivity (Wildman–Crippen MR) is 77.8 cm³/mol. The molecule has 0 bridgehead atoms. The summed E-state index contributed by atoms with van der Waals surface area (Å²) in [6, 6.07) is 0. The molecule has 0 saturated heterocycles. The Morgan fingerprint density at radius 3 is 3.00 bits per heavy atom. The van der Waals surface area contributed by atoms with E-state index in [1.807, 2.05) is 6.92 Å². The van der Waals surface area contributed by atoms with Crippen molar-refractivity contribution in [1.29, 1.82) is 0 Å². The molecule has 0 radical (unpaired) electrons. The lowest BCUT2D eigenvalue weighted by atomic mass is 9.82. The van der Waals surface area contributed by atoms with Crippen LogP contribution in [0.3, 0.4) is 0 Å². The minimum Gasteiger partial charge on any atom is -0.465 e. The second-order valence-electron chi connectivity index (χ2n) is 5.44. The summed E-state index contributed by atoms with van der Waals surface area (Å²) in [7, 11) is 1.40. The molecule has 0 spiro atoms. The number of hydrogen-bond donors (Lipinski definition) is 1. The van der Waals surface area contributed by atoms with Crippen molar-refractivity contribution in [3.05, 3.63) is 10.6 Å². The van der Waals surface area contributed by atoms with Gasteiger partial charge in [-0.25, -0.2) is 9.78 Å². The largest absolute Gasteiger partial charge is 0.465 e. The molecule has 2 unspecified atom stereocenters. The van der Waals surface area contributed by atoms with E-state index in [4.69, 9.17) is 4.74 Å². The summed E-state index contributed by atoms with van der Waals surface area (Å²) in [6.07, 6.45) is 5.28. The van der Waals surface area contributed by atoms with Gasteiger partial charge in [-0.3, -0.25) is 0 Å². The number of anilines is 1. The highest BCUT2D eigenvalue weighted by Gasteiger charge is 2.20. The highest BCUT2D eigenvalue weighted by Crippen LogP contribution is 2.29. The topological polar surface area (TPSA) is 51.2 Å². The number of carbonyl (C=O) groups is 1. The van der Waals surface area contributed by atoms with Crippen LogP contribution in [0, 0.1) is 18.8 Å². The van der Waals surface area contributed by atoms with Crippen molar-refractivity contribution in [2.45, 2.75) is 39.5 Å². The normalized spacial score (nSPS) is 23.1. The fraction of sp³-hybridized carbons (Fsp3) is 0.714. The average Bonchev–Trinajstić information content (AvgIpc) is 2.77. The number of rotatable bonds is 4. The highest BCUT2D eigenvalue weighted by atomic mass is 32.1. The molecule has 0 aromatic carbocycles. The van der Waals surface area contributed by atoms with Gasteiger partial charge < -0.3 is 10.1 Å². The lowest BCUT2D eigenvalue weighted by Crippen LogP contribution is -2.20. The van der Waals surface area contributed by atoms with Crippen molar-refractivity contribution in [1.82, 2.24) is 4.98 Å². The standard InChI is InChI=1S/C14H22N2O2S/c1-9-5-4-6-11(7-9)8-15-14-16-10(2)12(19-14)13(17)18-3/h9,11H,4-8H2,1-3H3,(H,15,16). The fourth-order valence-electron chi connectivity index (χ4n) is 2.73. The SMILES string of the molecule is COC(=O)c1sc(NCC2CCCC(C)C2)nc1C. The number of aryl methyl sites for hydroxylation is 1. The molecule has 1 heterocycles. The molecule has 1 N–H and O–H groups in total. The lowest BCUT2D eigenvalue weighted by molar-refractivity contribution is 0.0605. The number of methoxy groups -OCH3 is 1. The van der Waals surface area contributed by atoms with Crippen LogP contribution in [-0.2, 0) is 4.74 Å². The van der Waals surface area contributed by atoms with Crippen LogP contribution in [-0.4, -0.2) is 24.6 Å². The zero-order valence-corrected chi connectivity index (χ0v) is 12.7. The van der Waals surface area contributed by atoms with Crippen LogP contribution in [0.4, 0.5) is 5.13 Å². The number of nitrogens with zero attached hydrogens (tertiary/aromatic N) is 1. The van der Waals surface area contributed by atoms with Gasteiger partial charge >= 0.3 is 5.97 Å². The third kappa shape index (κ3) is 3.69. The molecule has 2 atom stereocenters. The van der Waals surface area contributed by atoms with Gasteiger partial charge in [-0.2, -0.15) is 0 Å². The van der Waals surface area contributed by atoms with Crippen molar-refractivity contribution < 1.29 is 9.53 Å². The second kappa shape index (κ2) is 6.37. The minimum absolute atomic E-state index is 0.297. The first kappa shape index (κ1) is 14.3. The second-order valence-corrected chi connectivity index (χ2v) is 6.44. The van der Waals surface area contributed by atoms with Crippen LogP contribution in [0.5, 0.6) is 0 Å². The van der Waals surface area contributed by atoms with E-state index in [0.29, 0.717) is 4.88 Å². The fourth-order valence-corrected chi connectivity index (χ4v) is 3.62. The minimum atomic E-state index is -0.297. The van der Waals surface area contributed by atoms with Crippen LogP contribution in [0.15, 0.2) is 0 Å². The van der Waals surface area contributed by atoms with Crippen molar-refractivity contribution in [3.8, 4) is 0 Å². The van der Waals surface area contributed by atoms with Crippen molar-refractivity contribution in [2.75, 3.05) is 19.0 Å². The van der Waals surface area contributed by atoms with E-state index < -0.39 is 0 Å². The van der Waals surface area contributed by atoms with E-state index in [0.717, 1.165) is 29.2 Å². The van der Waals surface area contributed by atoms with E-state index in [2.05, 4.69) is 17.2 Å². The summed E-state index contributed by atoms with van der Waals surface area (Å²) in [6.45, 7) is 5.13. The summed E-state index contributed by atoms with van der Waals surface area (Å²) in [4.78, 5) is 16.5. The van der Waals surface area contributed by atoms with Crippen molar-refractivity contribution in [2.24, 2.45) is 11.8 Å². The number of hydrogen-bond acceptors (Lipinski definition) is 5. The molecule has 1 aromatic rings. The van der Waals surface area contributed by atoms with E-state index in [-0.39, 0.29) is 5.97 Å². The zero-order chi connectivity index (χ0) is 13.8. The first-order valence-corrected chi connectivity index (χ1v) is 7.71. The number of nitrogens with one attached hydrogen (secondary N) is 1. The number of thiazole rings is 1. The number of esters is 1. The van der Waals surface area contributed by atoms with E-state index in [1.54, 1.807) is 0 Å². The molecule has 106 valence electrons. The van der Waals surface area contributed by atoms with Crippen LogP contribution >= 0.6 is 11.3 Å². The van der Waals surface area contributed by atoms with Crippen molar-refractivity contribution >= 4 is 22.4 Å². The van der Waals surface area contributed by atoms with Gasteiger partial charge in [-0.15, -0.1) is 0 Å². The Hall–Kier alpha value is -1.10. The first-order valence-electron chi connectivity index (χ1n) is 6.89. The summed E-state index contributed by atoms with van der Waals surface area (Å²) in [5, 5.41) is 4.20. The number of ether oxygens (including phenoxy) is 1. The van der Waals surface area contributed by atoms with Gasteiger partial charge in [0.05, 0.1) is 12.8 Å². The Bertz CT molecular complexity index is 445. The van der Waals surface area contributed by atoms with E-state index in [1.165, 1.54) is 44.1 Å². The summed E-state index contributed by atoms with van der Waals surface area (Å²) in [5.41, 5.74) is 0.747. The molecule has 0 amide bonds. The van der Waals surface area contributed by atoms with Gasteiger partial charge in [0.15, 0.2) is 5.13 Å². The van der Waals surface area contributed by atoms with Crippen molar-refractivity contribution in [3.63, 3.8) is 0 Å². The molecule has 0 aliphatic heterocycles. The molecular weight excluding hydrogens is 260 g/mol. The van der Waals surface area contributed by atoms with E-state index >= 15 is 0 Å². The molecule has 2 rings (SSSR count). The molecule has 1 fully saturated rings. The first-order chi connectivity index (χ1) is 9.10. The van der Waals surface area contributed by atoms with Crippen LogP contribution < -0.4 is 5.32 Å². The summed E-state index contributed by atoms with van der Waals surface area (Å²) >= 11 is 1.38. The Balaban J connectivity index is 1.91. The molecule has 1 aliphatic carbocycles. The van der Waals surface area contributed by atoms with Gasteiger partial charge in [0.1, 0.15) is 4.88 Å². The quantitative estimate of drug-likeness (QED) is 0.859. The summed E-state index contributed by atoms with van der Waals surface area (Å²) < 4.78 is 4.74. The number of aromatic nitrogens is 1. The third-order valence-electron chi connectivity index (χ3n) is 3.75. The van der Waals surface area contributed by atoms with Gasteiger partial charge in [-0.1, -0.05) is 31.1 Å². The Morgan fingerprint density at radius 1 is 1.53 bits per heavy atom. The third-order valence-corrected chi connectivity index (χ3v) is 4.85. The number of carbonyl (C=O) groups excluding carboxylic acids is 1. The maximum atomic E-state index is 11.5. The van der Waals surface area contributed by atoms with Crippen LogP contribution in [0.25, 0.3) is 0 Å². The Morgan fingerprint density at radius 2 is 2.32 bits per heavy atom. The molecule has 1 aromatic heterocycles. The van der Waals surface area contributed by atoms with E-state index in [9.17, 15) is 4.79 Å². The molecule has 19 heavy (non-hydrogen) atoms. The monoisotopic (exact) mass is 282 g/mol. The lowest BCUT2D eigenvalue weighted by Gasteiger charge is -2.26. The zero-order valence-electron chi connectivity index (χ0n) is 11.9. The van der Waals surface area contributed by atoms with Crippen LogP contribution in [0.1, 0.15) is 48.0 Å². The average molecular weight is 282 g/mol. The van der Waals surface area contributed by atoms with Gasteiger partial charge in [0, 0.05) is 6.54 Å². The maximum absolute atomic E-state index is 11.5. The van der Waals surface area contributed by atoms with Gasteiger partial charge in [0.25, 0.3) is 0 Å². The maximum Gasteiger partial charge on any atom is 0.350 e. The molecule has 1 aliphatic rings. The summed E-state index contributed by atoms with van der Waals surface area (Å²) in [5.74, 6) is 1.27. The highest BCUT2D eigenvalue weighted by molar-refractivity contribution is 7.17.